The zero-order chi connectivity index (χ0) is 39.4. The predicted octanol–water partition coefficient (Wildman–Crippen LogP) is 14.6. The van der Waals surface area contributed by atoms with E-state index in [1.54, 1.807) is 0 Å². The molecule has 0 heterocycles. The minimum atomic E-state index is -0.744. The van der Waals surface area contributed by atoms with Crippen molar-refractivity contribution >= 4 is 5.91 Å². The normalized spacial score (nSPS) is 13.4. The fraction of sp³-hybridized carbons (Fsp3) is 0.980. The summed E-state index contributed by atoms with van der Waals surface area (Å²) in [4.78, 5) is 12.5. The number of amides is 1. The topological polar surface area (TPSA) is 89.8 Å². The molecule has 0 saturated carbocycles. The van der Waals surface area contributed by atoms with E-state index in [4.69, 9.17) is 0 Å². The number of hydrogen-bond acceptors (Lipinski definition) is 4. The molecule has 0 bridgehead atoms. The van der Waals surface area contributed by atoms with Crippen molar-refractivity contribution in [3.63, 3.8) is 0 Å². The second-order valence-corrected chi connectivity index (χ2v) is 17.4. The zero-order valence-electron chi connectivity index (χ0n) is 36.9. The van der Waals surface area contributed by atoms with Gasteiger partial charge >= 0.3 is 0 Å². The van der Waals surface area contributed by atoms with Crippen LogP contribution in [0.3, 0.4) is 0 Å². The van der Waals surface area contributed by atoms with Crippen LogP contribution in [0, 0.1) is 0 Å². The quantitative estimate of drug-likeness (QED) is 0.0465. The highest BCUT2D eigenvalue weighted by Gasteiger charge is 2.21. The van der Waals surface area contributed by atoms with Gasteiger partial charge in [-0.05, 0) is 12.8 Å². The van der Waals surface area contributed by atoms with Crippen LogP contribution in [0.2, 0.25) is 0 Å². The monoisotopic (exact) mass is 766 g/mol. The summed E-state index contributed by atoms with van der Waals surface area (Å²) in [5.41, 5.74) is 0. The van der Waals surface area contributed by atoms with E-state index in [1.807, 2.05) is 0 Å². The minimum absolute atomic E-state index is 0.0432. The average Bonchev–Trinajstić information content (AvgIpc) is 3.16. The average molecular weight is 766 g/mol. The van der Waals surface area contributed by atoms with Gasteiger partial charge in [-0.1, -0.05) is 264 Å². The lowest BCUT2D eigenvalue weighted by atomic mass is 10.0. The van der Waals surface area contributed by atoms with Crippen LogP contribution < -0.4 is 5.32 Å². The molecule has 3 unspecified atom stereocenters. The first kappa shape index (κ1) is 53.4. The predicted molar refractivity (Wildman–Crippen MR) is 236 cm³/mol. The van der Waals surface area contributed by atoms with Gasteiger partial charge in [0.25, 0.3) is 0 Å². The smallest absolute Gasteiger partial charge is 0.222 e. The summed E-state index contributed by atoms with van der Waals surface area (Å²) >= 11 is 0. The van der Waals surface area contributed by atoms with Gasteiger partial charge in [0.1, 0.15) is 0 Å². The lowest BCUT2D eigenvalue weighted by molar-refractivity contribution is -0.125. The van der Waals surface area contributed by atoms with Crippen molar-refractivity contribution < 1.29 is 20.1 Å². The van der Waals surface area contributed by atoms with Crippen LogP contribution in [-0.2, 0) is 4.79 Å². The number of aliphatic hydroxyl groups is 3. The Balaban J connectivity index is 3.51. The van der Waals surface area contributed by atoms with E-state index < -0.39 is 18.2 Å². The third kappa shape index (κ3) is 41.0. The van der Waals surface area contributed by atoms with Gasteiger partial charge in [-0.3, -0.25) is 4.79 Å². The van der Waals surface area contributed by atoms with Crippen molar-refractivity contribution in [3.05, 3.63) is 0 Å². The van der Waals surface area contributed by atoms with Crippen LogP contribution in [0.15, 0.2) is 0 Å². The van der Waals surface area contributed by atoms with Gasteiger partial charge < -0.3 is 20.6 Å². The Morgan fingerprint density at radius 1 is 0.389 bits per heavy atom. The second-order valence-electron chi connectivity index (χ2n) is 17.4. The maximum atomic E-state index is 12.5. The van der Waals surface area contributed by atoms with Crippen LogP contribution in [0.1, 0.15) is 284 Å². The molecule has 0 aliphatic rings. The number of carbonyl (C=O) groups is 1. The SMILES string of the molecule is CCCCCCCCCCCCCCCCCCCCCCCCCCC(O)CC(=O)NC(CO)C(O)CCCCCCCCCCCCCCCCC. The summed E-state index contributed by atoms with van der Waals surface area (Å²) in [5.74, 6) is -0.276. The van der Waals surface area contributed by atoms with Gasteiger partial charge in [-0.25, -0.2) is 0 Å². The molecule has 4 N–H and O–H groups in total. The summed E-state index contributed by atoms with van der Waals surface area (Å²) < 4.78 is 0. The molecule has 5 nitrogen and oxygen atoms in total. The van der Waals surface area contributed by atoms with E-state index in [2.05, 4.69) is 19.2 Å². The van der Waals surface area contributed by atoms with Crippen molar-refractivity contribution in [2.75, 3.05) is 6.61 Å². The number of carbonyl (C=O) groups excluding carboxylic acids is 1. The van der Waals surface area contributed by atoms with E-state index in [0.29, 0.717) is 12.8 Å². The molecule has 0 aliphatic carbocycles. The zero-order valence-corrected chi connectivity index (χ0v) is 36.9. The lowest BCUT2D eigenvalue weighted by Gasteiger charge is -2.23. The molecule has 324 valence electrons. The van der Waals surface area contributed by atoms with Gasteiger partial charge in [-0.15, -0.1) is 0 Å². The Hall–Kier alpha value is -0.650. The molecule has 54 heavy (non-hydrogen) atoms. The Kier molecular flexibility index (Phi) is 44.5. The molecular weight excluding hydrogens is 667 g/mol. The highest BCUT2D eigenvalue weighted by Crippen LogP contribution is 2.18. The van der Waals surface area contributed by atoms with Gasteiger partial charge in [0.05, 0.1) is 31.3 Å². The number of rotatable bonds is 46. The summed E-state index contributed by atoms with van der Waals surface area (Å²) in [5, 5.41) is 33.5. The molecule has 0 rings (SSSR count). The fourth-order valence-electron chi connectivity index (χ4n) is 8.11. The van der Waals surface area contributed by atoms with Crippen molar-refractivity contribution in [2.45, 2.75) is 302 Å². The standard InChI is InChI=1S/C49H99NO4/c1-3-5-7-9-11-13-15-17-19-20-21-22-23-24-25-26-27-29-30-32-34-36-38-40-42-46(52)44-49(54)50-47(45-51)48(53)43-41-39-37-35-33-31-28-18-16-14-12-10-8-6-4-2/h46-48,51-53H,3-45H2,1-2H3,(H,50,54). The maximum Gasteiger partial charge on any atom is 0.222 e. The Bertz CT molecular complexity index is 718. The van der Waals surface area contributed by atoms with Crippen molar-refractivity contribution in [3.8, 4) is 0 Å². The first-order valence-corrected chi connectivity index (χ1v) is 24.8. The summed E-state index contributed by atoms with van der Waals surface area (Å²) in [7, 11) is 0. The van der Waals surface area contributed by atoms with Crippen LogP contribution in [0.25, 0.3) is 0 Å². The Morgan fingerprint density at radius 2 is 0.630 bits per heavy atom. The van der Waals surface area contributed by atoms with E-state index in [1.165, 1.54) is 225 Å². The van der Waals surface area contributed by atoms with Crippen molar-refractivity contribution in [2.24, 2.45) is 0 Å². The maximum absolute atomic E-state index is 12.5. The number of nitrogens with one attached hydrogen (secondary N) is 1. The van der Waals surface area contributed by atoms with Gasteiger partial charge in [0.2, 0.25) is 5.91 Å². The van der Waals surface area contributed by atoms with Gasteiger partial charge in [0.15, 0.2) is 0 Å². The van der Waals surface area contributed by atoms with Crippen LogP contribution >= 0.6 is 0 Å². The fourth-order valence-corrected chi connectivity index (χ4v) is 8.11. The van der Waals surface area contributed by atoms with Crippen molar-refractivity contribution in [1.29, 1.82) is 0 Å². The van der Waals surface area contributed by atoms with E-state index in [-0.39, 0.29) is 18.9 Å². The number of hydrogen-bond donors (Lipinski definition) is 4. The molecule has 0 saturated heterocycles. The molecule has 0 aliphatic heterocycles. The van der Waals surface area contributed by atoms with Crippen LogP contribution in [-0.4, -0.2) is 46.1 Å². The van der Waals surface area contributed by atoms with E-state index >= 15 is 0 Å². The number of unbranched alkanes of at least 4 members (excludes halogenated alkanes) is 37. The Labute approximate surface area is 338 Å². The summed E-state index contributed by atoms with van der Waals surface area (Å²) in [6.45, 7) is 4.29. The highest BCUT2D eigenvalue weighted by atomic mass is 16.3. The van der Waals surface area contributed by atoms with Crippen LogP contribution in [0.4, 0.5) is 0 Å². The largest absolute Gasteiger partial charge is 0.394 e. The van der Waals surface area contributed by atoms with E-state index in [0.717, 1.165) is 25.7 Å². The molecule has 5 heteroatoms. The van der Waals surface area contributed by atoms with Gasteiger partial charge in [0, 0.05) is 0 Å². The molecule has 0 aromatic rings. The minimum Gasteiger partial charge on any atom is -0.394 e. The Morgan fingerprint density at radius 3 is 0.889 bits per heavy atom. The molecule has 0 aromatic carbocycles. The third-order valence-electron chi connectivity index (χ3n) is 11.9. The molecule has 0 fully saturated rings. The first-order chi connectivity index (χ1) is 26.5. The molecule has 1 amide bonds. The molecule has 0 radical (unpaired) electrons. The van der Waals surface area contributed by atoms with Crippen molar-refractivity contribution in [1.82, 2.24) is 5.32 Å². The molecular formula is C49H99NO4. The van der Waals surface area contributed by atoms with Crippen LogP contribution in [0.5, 0.6) is 0 Å². The molecule has 0 aromatic heterocycles. The third-order valence-corrected chi connectivity index (χ3v) is 11.9. The lowest BCUT2D eigenvalue weighted by Crippen LogP contribution is -2.46. The highest BCUT2D eigenvalue weighted by molar-refractivity contribution is 5.76. The van der Waals surface area contributed by atoms with Gasteiger partial charge in [-0.2, -0.15) is 0 Å². The first-order valence-electron chi connectivity index (χ1n) is 24.8. The molecule has 3 atom stereocenters. The summed E-state index contributed by atoms with van der Waals surface area (Å²) in [6, 6.07) is -0.652. The molecule has 0 spiro atoms. The second kappa shape index (κ2) is 45.1. The number of aliphatic hydroxyl groups excluding tert-OH is 3. The van der Waals surface area contributed by atoms with E-state index in [9.17, 15) is 20.1 Å². The summed E-state index contributed by atoms with van der Waals surface area (Å²) in [6.07, 6.45) is 52.3.